The molecule has 0 spiro atoms. The van der Waals surface area contributed by atoms with Crippen molar-refractivity contribution in [3.8, 4) is 0 Å². The van der Waals surface area contributed by atoms with Crippen LogP contribution in [0.5, 0.6) is 0 Å². The van der Waals surface area contributed by atoms with Gasteiger partial charge in [0, 0.05) is 19.6 Å². The molecule has 1 aliphatic rings. The molecule has 1 aliphatic heterocycles. The van der Waals surface area contributed by atoms with E-state index in [4.69, 9.17) is 10.5 Å². The predicted octanol–water partition coefficient (Wildman–Crippen LogP) is 0.834. The van der Waals surface area contributed by atoms with Crippen molar-refractivity contribution in [2.75, 3.05) is 26.7 Å². The Balaban J connectivity index is 2.21. The van der Waals surface area contributed by atoms with Gasteiger partial charge in [-0.05, 0) is 26.3 Å². The van der Waals surface area contributed by atoms with Crippen LogP contribution >= 0.6 is 0 Å². The Morgan fingerprint density at radius 1 is 1.46 bits per heavy atom. The summed E-state index contributed by atoms with van der Waals surface area (Å²) >= 11 is 0. The Kier molecular flexibility index (Phi) is 4.70. The summed E-state index contributed by atoms with van der Waals surface area (Å²) in [5.41, 5.74) is 5.59. The zero-order valence-electron chi connectivity index (χ0n) is 8.83. The zero-order valence-corrected chi connectivity index (χ0v) is 8.83. The standard InChI is InChI=1S/C10H22N2O/c1-3-9(8-11)13-10-4-6-12(2)7-5-10/h9-10H,3-8,11H2,1-2H3. The van der Waals surface area contributed by atoms with Gasteiger partial charge in [0.1, 0.15) is 0 Å². The molecule has 1 saturated heterocycles. The average Bonchev–Trinajstić information content (AvgIpc) is 2.17. The number of nitrogens with two attached hydrogens (primary N) is 1. The van der Waals surface area contributed by atoms with E-state index in [0.29, 0.717) is 12.6 Å². The Bertz CT molecular complexity index is 129. The molecule has 1 rings (SSSR count). The van der Waals surface area contributed by atoms with Crippen molar-refractivity contribution in [3.05, 3.63) is 0 Å². The molecule has 0 bridgehead atoms. The van der Waals surface area contributed by atoms with Gasteiger partial charge in [0.05, 0.1) is 12.2 Å². The summed E-state index contributed by atoms with van der Waals surface area (Å²) in [7, 11) is 2.16. The number of hydrogen-bond donors (Lipinski definition) is 1. The third-order valence-electron chi connectivity index (χ3n) is 2.77. The minimum atomic E-state index is 0.272. The highest BCUT2D eigenvalue weighted by Crippen LogP contribution is 2.14. The van der Waals surface area contributed by atoms with Crippen LogP contribution in [0.25, 0.3) is 0 Å². The quantitative estimate of drug-likeness (QED) is 0.707. The number of rotatable bonds is 4. The third-order valence-corrected chi connectivity index (χ3v) is 2.77. The molecular formula is C10H22N2O. The average molecular weight is 186 g/mol. The van der Waals surface area contributed by atoms with Gasteiger partial charge in [-0.15, -0.1) is 0 Å². The van der Waals surface area contributed by atoms with Crippen molar-refractivity contribution < 1.29 is 4.74 Å². The first kappa shape index (κ1) is 11.0. The second-order valence-corrected chi connectivity index (χ2v) is 3.90. The number of hydrogen-bond acceptors (Lipinski definition) is 3. The van der Waals surface area contributed by atoms with Crippen molar-refractivity contribution >= 4 is 0 Å². The zero-order chi connectivity index (χ0) is 9.68. The minimum Gasteiger partial charge on any atom is -0.374 e. The molecule has 0 amide bonds. The molecule has 13 heavy (non-hydrogen) atoms. The van der Waals surface area contributed by atoms with Gasteiger partial charge in [0.15, 0.2) is 0 Å². The van der Waals surface area contributed by atoms with E-state index < -0.39 is 0 Å². The Hall–Kier alpha value is -0.120. The Morgan fingerprint density at radius 3 is 2.54 bits per heavy atom. The van der Waals surface area contributed by atoms with Crippen LogP contribution in [0.4, 0.5) is 0 Å². The van der Waals surface area contributed by atoms with Crippen LogP contribution < -0.4 is 5.73 Å². The summed E-state index contributed by atoms with van der Waals surface area (Å²) in [6.45, 7) is 5.10. The highest BCUT2D eigenvalue weighted by atomic mass is 16.5. The second kappa shape index (κ2) is 5.58. The molecule has 0 radical (unpaired) electrons. The van der Waals surface area contributed by atoms with Crippen molar-refractivity contribution in [3.63, 3.8) is 0 Å². The van der Waals surface area contributed by atoms with E-state index in [1.54, 1.807) is 0 Å². The number of nitrogens with zero attached hydrogens (tertiary/aromatic N) is 1. The van der Waals surface area contributed by atoms with Gasteiger partial charge in [0.25, 0.3) is 0 Å². The van der Waals surface area contributed by atoms with Gasteiger partial charge in [-0.2, -0.15) is 0 Å². The van der Waals surface area contributed by atoms with E-state index in [1.165, 1.54) is 0 Å². The predicted molar refractivity (Wildman–Crippen MR) is 54.7 cm³/mol. The molecule has 1 heterocycles. The van der Waals surface area contributed by atoms with Gasteiger partial charge in [0.2, 0.25) is 0 Å². The fourth-order valence-corrected chi connectivity index (χ4v) is 1.71. The van der Waals surface area contributed by atoms with E-state index in [1.807, 2.05) is 0 Å². The topological polar surface area (TPSA) is 38.5 Å². The van der Waals surface area contributed by atoms with E-state index in [9.17, 15) is 0 Å². The first-order valence-corrected chi connectivity index (χ1v) is 5.30. The lowest BCUT2D eigenvalue weighted by Gasteiger charge is -2.31. The summed E-state index contributed by atoms with van der Waals surface area (Å²) in [6, 6.07) is 0. The maximum absolute atomic E-state index is 5.89. The van der Waals surface area contributed by atoms with E-state index in [0.717, 1.165) is 32.4 Å². The Morgan fingerprint density at radius 2 is 2.08 bits per heavy atom. The van der Waals surface area contributed by atoms with Gasteiger partial charge >= 0.3 is 0 Å². The van der Waals surface area contributed by atoms with Gasteiger partial charge in [-0.1, -0.05) is 6.92 Å². The van der Waals surface area contributed by atoms with Gasteiger partial charge in [-0.3, -0.25) is 0 Å². The molecule has 0 saturated carbocycles. The first-order chi connectivity index (χ1) is 6.26. The van der Waals surface area contributed by atoms with Gasteiger partial charge < -0.3 is 15.4 Å². The summed E-state index contributed by atoms with van der Waals surface area (Å²) in [5, 5.41) is 0. The fourth-order valence-electron chi connectivity index (χ4n) is 1.71. The van der Waals surface area contributed by atoms with Crippen LogP contribution in [-0.2, 0) is 4.74 Å². The molecule has 0 aromatic heterocycles. The summed E-state index contributed by atoms with van der Waals surface area (Å²) in [6.07, 6.45) is 4.07. The van der Waals surface area contributed by atoms with E-state index in [2.05, 4.69) is 18.9 Å². The molecule has 1 unspecified atom stereocenters. The highest BCUT2D eigenvalue weighted by molar-refractivity contribution is 4.71. The normalized spacial score (nSPS) is 23.3. The molecular weight excluding hydrogens is 164 g/mol. The van der Waals surface area contributed by atoms with Crippen molar-refractivity contribution in [1.29, 1.82) is 0 Å². The summed E-state index contributed by atoms with van der Waals surface area (Å²) in [4.78, 5) is 2.35. The van der Waals surface area contributed by atoms with Crippen LogP contribution in [-0.4, -0.2) is 43.8 Å². The molecule has 0 aromatic carbocycles. The number of piperidine rings is 1. The lowest BCUT2D eigenvalue weighted by atomic mass is 10.1. The molecule has 0 aliphatic carbocycles. The van der Waals surface area contributed by atoms with E-state index >= 15 is 0 Å². The van der Waals surface area contributed by atoms with Crippen LogP contribution in [0.1, 0.15) is 26.2 Å². The monoisotopic (exact) mass is 186 g/mol. The minimum absolute atomic E-state index is 0.272. The second-order valence-electron chi connectivity index (χ2n) is 3.90. The summed E-state index contributed by atoms with van der Waals surface area (Å²) in [5.74, 6) is 0. The summed E-state index contributed by atoms with van der Waals surface area (Å²) < 4.78 is 5.89. The molecule has 2 N–H and O–H groups in total. The molecule has 3 nitrogen and oxygen atoms in total. The van der Waals surface area contributed by atoms with Crippen molar-refractivity contribution in [2.45, 2.75) is 38.4 Å². The first-order valence-electron chi connectivity index (χ1n) is 5.30. The smallest absolute Gasteiger partial charge is 0.0698 e. The molecule has 1 atom stereocenters. The highest BCUT2D eigenvalue weighted by Gasteiger charge is 2.19. The van der Waals surface area contributed by atoms with Crippen LogP contribution in [0, 0.1) is 0 Å². The van der Waals surface area contributed by atoms with Crippen molar-refractivity contribution in [1.82, 2.24) is 4.90 Å². The molecule has 1 fully saturated rings. The van der Waals surface area contributed by atoms with Crippen LogP contribution in [0.15, 0.2) is 0 Å². The fraction of sp³-hybridized carbons (Fsp3) is 1.00. The largest absolute Gasteiger partial charge is 0.374 e. The molecule has 0 aromatic rings. The number of likely N-dealkylation sites (tertiary alicyclic amines) is 1. The maximum Gasteiger partial charge on any atom is 0.0698 e. The van der Waals surface area contributed by atoms with Crippen molar-refractivity contribution in [2.24, 2.45) is 5.73 Å². The maximum atomic E-state index is 5.89. The van der Waals surface area contributed by atoms with E-state index in [-0.39, 0.29) is 6.10 Å². The third kappa shape index (κ3) is 3.63. The number of ether oxygens (including phenoxy) is 1. The lowest BCUT2D eigenvalue weighted by molar-refractivity contribution is -0.0365. The SMILES string of the molecule is CCC(CN)OC1CCN(C)CC1. The van der Waals surface area contributed by atoms with Crippen LogP contribution in [0.2, 0.25) is 0 Å². The molecule has 78 valence electrons. The molecule has 3 heteroatoms. The van der Waals surface area contributed by atoms with Crippen LogP contribution in [0.3, 0.4) is 0 Å². The van der Waals surface area contributed by atoms with Gasteiger partial charge in [-0.25, -0.2) is 0 Å². The Labute approximate surface area is 81.2 Å². The lowest BCUT2D eigenvalue weighted by Crippen LogP contribution is -2.37.